The summed E-state index contributed by atoms with van der Waals surface area (Å²) in [4.78, 5) is 26.1. The zero-order chi connectivity index (χ0) is 11.3. The minimum absolute atomic E-state index is 0.0975. The third kappa shape index (κ3) is 3.44. The Balaban J connectivity index is 2.70. The Labute approximate surface area is 91.1 Å². The van der Waals surface area contributed by atoms with E-state index in [2.05, 4.69) is 16.2 Å². The average Bonchev–Trinajstić information content (AvgIpc) is 2.19. The lowest BCUT2D eigenvalue weighted by Crippen LogP contribution is -2.32. The molecule has 1 amide bonds. The first kappa shape index (κ1) is 11.3. The maximum Gasteiger partial charge on any atom is 0.255 e. The van der Waals surface area contributed by atoms with Crippen LogP contribution >= 0.6 is 11.6 Å². The second-order valence-electron chi connectivity index (χ2n) is 2.66. The van der Waals surface area contributed by atoms with E-state index in [9.17, 15) is 9.59 Å². The second-order valence-corrected chi connectivity index (χ2v) is 3.05. The Bertz CT molecular complexity index is 461. The highest BCUT2D eigenvalue weighted by Gasteiger charge is 2.03. The number of halogens is 1. The first-order valence-corrected chi connectivity index (χ1v) is 4.43. The molecule has 1 aromatic rings. The summed E-state index contributed by atoms with van der Waals surface area (Å²) in [5, 5.41) is 2.52. The molecule has 15 heavy (non-hydrogen) atoms. The fourth-order valence-electron chi connectivity index (χ4n) is 0.883. The van der Waals surface area contributed by atoms with Crippen LogP contribution in [0.15, 0.2) is 17.2 Å². The number of amides is 1. The van der Waals surface area contributed by atoms with Crippen molar-refractivity contribution in [3.8, 4) is 12.3 Å². The number of nitrogens with zero attached hydrogens (tertiary/aromatic N) is 2. The fourth-order valence-corrected chi connectivity index (χ4v) is 1.02. The van der Waals surface area contributed by atoms with Crippen LogP contribution in [0.25, 0.3) is 0 Å². The maximum atomic E-state index is 11.3. The predicted octanol–water partition coefficient (Wildman–Crippen LogP) is -0.354. The van der Waals surface area contributed by atoms with Crippen LogP contribution in [0, 0.1) is 12.3 Å². The third-order valence-corrected chi connectivity index (χ3v) is 1.75. The Hall–Kier alpha value is -1.80. The Morgan fingerprint density at radius 3 is 3.07 bits per heavy atom. The van der Waals surface area contributed by atoms with E-state index in [1.165, 1.54) is 6.33 Å². The summed E-state index contributed by atoms with van der Waals surface area (Å²) in [5.74, 6) is 1.90. The van der Waals surface area contributed by atoms with Gasteiger partial charge in [0.15, 0.2) is 0 Å². The van der Waals surface area contributed by atoms with Crippen LogP contribution in [0.1, 0.15) is 0 Å². The molecule has 1 N–H and O–H groups in total. The summed E-state index contributed by atoms with van der Waals surface area (Å²) in [6.07, 6.45) is 6.17. The number of rotatable bonds is 3. The molecule has 0 saturated heterocycles. The average molecular weight is 226 g/mol. The van der Waals surface area contributed by atoms with Gasteiger partial charge in [0, 0.05) is 6.07 Å². The molecule has 0 bridgehead atoms. The molecule has 5 nitrogen and oxygen atoms in total. The van der Waals surface area contributed by atoms with Crippen molar-refractivity contribution in [3.05, 3.63) is 27.9 Å². The van der Waals surface area contributed by atoms with Gasteiger partial charge in [0.2, 0.25) is 5.91 Å². The highest BCUT2D eigenvalue weighted by molar-refractivity contribution is 6.29. The molecule has 0 fully saturated rings. The van der Waals surface area contributed by atoms with Gasteiger partial charge in [-0.2, -0.15) is 0 Å². The lowest BCUT2D eigenvalue weighted by Gasteiger charge is -2.03. The summed E-state index contributed by atoms with van der Waals surface area (Å²) in [5.41, 5.74) is -0.383. The van der Waals surface area contributed by atoms with Crippen LogP contribution in [0.4, 0.5) is 0 Å². The summed E-state index contributed by atoms with van der Waals surface area (Å²) < 4.78 is 1.14. The second kappa shape index (κ2) is 5.17. The minimum Gasteiger partial charge on any atom is -0.344 e. The highest BCUT2D eigenvalue weighted by Crippen LogP contribution is 1.95. The van der Waals surface area contributed by atoms with Gasteiger partial charge in [-0.3, -0.25) is 14.2 Å². The number of terminal acetylenes is 1. The molecule has 0 spiro atoms. The van der Waals surface area contributed by atoms with E-state index in [0.29, 0.717) is 0 Å². The van der Waals surface area contributed by atoms with E-state index in [0.717, 1.165) is 10.6 Å². The van der Waals surface area contributed by atoms with Crippen LogP contribution in [0.3, 0.4) is 0 Å². The van der Waals surface area contributed by atoms with Gasteiger partial charge in [0.25, 0.3) is 5.56 Å². The molecule has 1 aromatic heterocycles. The lowest BCUT2D eigenvalue weighted by molar-refractivity contribution is -0.121. The molecule has 0 aliphatic rings. The molecule has 0 radical (unpaired) electrons. The largest absolute Gasteiger partial charge is 0.344 e. The SMILES string of the molecule is C#CCNC(=O)Cn1cnc(Cl)cc1=O. The van der Waals surface area contributed by atoms with Gasteiger partial charge < -0.3 is 5.32 Å². The molecule has 0 atom stereocenters. The summed E-state index contributed by atoms with van der Waals surface area (Å²) in [6.45, 7) is 0.0132. The van der Waals surface area contributed by atoms with E-state index in [1.54, 1.807) is 0 Å². The molecular formula is C9H8ClN3O2. The molecule has 0 aromatic carbocycles. The molecule has 6 heteroatoms. The molecule has 0 aliphatic heterocycles. The van der Waals surface area contributed by atoms with Crippen molar-refractivity contribution in [2.75, 3.05) is 6.54 Å². The van der Waals surface area contributed by atoms with E-state index in [-0.39, 0.29) is 29.7 Å². The van der Waals surface area contributed by atoms with Gasteiger partial charge in [0.05, 0.1) is 12.9 Å². The van der Waals surface area contributed by atoms with Crippen molar-refractivity contribution in [3.63, 3.8) is 0 Å². The number of aromatic nitrogens is 2. The maximum absolute atomic E-state index is 11.3. The monoisotopic (exact) mass is 225 g/mol. The molecule has 78 valence electrons. The molecule has 0 unspecified atom stereocenters. The summed E-state index contributed by atoms with van der Waals surface area (Å²) in [6, 6.07) is 1.13. The number of hydrogen-bond acceptors (Lipinski definition) is 3. The van der Waals surface area contributed by atoms with Crippen molar-refractivity contribution in [2.45, 2.75) is 6.54 Å². The van der Waals surface area contributed by atoms with E-state index >= 15 is 0 Å². The van der Waals surface area contributed by atoms with Gasteiger partial charge in [-0.25, -0.2) is 4.98 Å². The lowest BCUT2D eigenvalue weighted by atomic mass is 10.5. The standard InChI is InChI=1S/C9H8ClN3O2/c1-2-3-11-8(14)5-13-6-12-7(10)4-9(13)15/h1,4,6H,3,5H2,(H,11,14). The number of carbonyl (C=O) groups is 1. The van der Waals surface area contributed by atoms with Gasteiger partial charge in [-0.1, -0.05) is 17.5 Å². The van der Waals surface area contributed by atoms with Crippen LogP contribution < -0.4 is 10.9 Å². The third-order valence-electron chi connectivity index (χ3n) is 1.55. The smallest absolute Gasteiger partial charge is 0.255 e. The van der Waals surface area contributed by atoms with Crippen molar-refractivity contribution < 1.29 is 4.79 Å². The van der Waals surface area contributed by atoms with E-state index in [1.807, 2.05) is 0 Å². The van der Waals surface area contributed by atoms with Crippen molar-refractivity contribution in [1.29, 1.82) is 0 Å². The van der Waals surface area contributed by atoms with Crippen LogP contribution in [0.2, 0.25) is 5.15 Å². The van der Waals surface area contributed by atoms with Gasteiger partial charge >= 0.3 is 0 Å². The topological polar surface area (TPSA) is 64.0 Å². The number of carbonyl (C=O) groups excluding carboxylic acids is 1. The first-order chi connectivity index (χ1) is 7.13. The molecular weight excluding hydrogens is 218 g/mol. The highest BCUT2D eigenvalue weighted by atomic mass is 35.5. The Morgan fingerprint density at radius 2 is 2.47 bits per heavy atom. The quantitative estimate of drug-likeness (QED) is 0.565. The Morgan fingerprint density at radius 1 is 1.73 bits per heavy atom. The first-order valence-electron chi connectivity index (χ1n) is 4.05. The predicted molar refractivity (Wildman–Crippen MR) is 55.3 cm³/mol. The van der Waals surface area contributed by atoms with Gasteiger partial charge in [0.1, 0.15) is 11.7 Å². The zero-order valence-corrected chi connectivity index (χ0v) is 8.49. The Kier molecular flexibility index (Phi) is 3.89. The summed E-state index contributed by atoms with van der Waals surface area (Å²) >= 11 is 5.49. The van der Waals surface area contributed by atoms with E-state index < -0.39 is 0 Å². The van der Waals surface area contributed by atoms with Crippen molar-refractivity contribution in [1.82, 2.24) is 14.9 Å². The molecule has 0 aliphatic carbocycles. The summed E-state index contributed by atoms with van der Waals surface area (Å²) in [7, 11) is 0. The van der Waals surface area contributed by atoms with Crippen LogP contribution in [-0.2, 0) is 11.3 Å². The minimum atomic E-state index is -0.383. The zero-order valence-electron chi connectivity index (χ0n) is 7.74. The van der Waals surface area contributed by atoms with Gasteiger partial charge in [-0.15, -0.1) is 6.42 Å². The normalized spacial score (nSPS) is 9.33. The molecule has 1 rings (SSSR count). The van der Waals surface area contributed by atoms with Crippen molar-refractivity contribution in [2.24, 2.45) is 0 Å². The van der Waals surface area contributed by atoms with E-state index in [4.69, 9.17) is 18.0 Å². The number of nitrogens with one attached hydrogen (secondary N) is 1. The van der Waals surface area contributed by atoms with Crippen LogP contribution in [0.5, 0.6) is 0 Å². The fraction of sp³-hybridized carbons (Fsp3) is 0.222. The molecule has 1 heterocycles. The van der Waals surface area contributed by atoms with Crippen LogP contribution in [-0.4, -0.2) is 22.0 Å². The number of hydrogen-bond donors (Lipinski definition) is 1. The van der Waals surface area contributed by atoms with Crippen molar-refractivity contribution >= 4 is 17.5 Å². The molecule has 0 saturated carbocycles. The van der Waals surface area contributed by atoms with Gasteiger partial charge in [-0.05, 0) is 0 Å².